The average Bonchev–Trinajstić information content (AvgIpc) is 2.84. The van der Waals surface area contributed by atoms with Crippen LogP contribution in [-0.2, 0) is 4.79 Å². The summed E-state index contributed by atoms with van der Waals surface area (Å²) in [4.78, 5) is 42.2. The Morgan fingerprint density at radius 2 is 1.44 bits per heavy atom. The number of amides is 2. The standard InChI is InChI=1S/C26H40N4O4/c1-28(2)18-9-19-29(24(31)20-14-16-23(17-15-20)30(33)34)26(25(27)32,21-10-5-3-6-11-21)22-12-7-4-8-13-22/h14-17,21-22H,3-13,18-19H2,1-2H3,(H2,27,32). The molecule has 0 spiro atoms. The molecule has 0 unspecified atom stereocenters. The predicted octanol–water partition coefficient (Wildman–Crippen LogP) is 4.37. The molecule has 0 radical (unpaired) electrons. The number of carbonyl (C=O) groups excluding carboxylic acids is 2. The number of carbonyl (C=O) groups is 2. The van der Waals surface area contributed by atoms with Crippen LogP contribution in [0.15, 0.2) is 24.3 Å². The van der Waals surface area contributed by atoms with Crippen molar-refractivity contribution in [1.29, 1.82) is 0 Å². The molecule has 2 amide bonds. The summed E-state index contributed by atoms with van der Waals surface area (Å²) in [6.07, 6.45) is 10.8. The third kappa shape index (κ3) is 5.59. The van der Waals surface area contributed by atoms with E-state index in [0.717, 1.165) is 77.2 Å². The van der Waals surface area contributed by atoms with Crippen molar-refractivity contribution >= 4 is 17.5 Å². The highest BCUT2D eigenvalue weighted by Gasteiger charge is 2.55. The Labute approximate surface area is 203 Å². The smallest absolute Gasteiger partial charge is 0.269 e. The highest BCUT2D eigenvalue weighted by atomic mass is 16.6. The van der Waals surface area contributed by atoms with Gasteiger partial charge in [0.1, 0.15) is 5.54 Å². The molecule has 0 aromatic heterocycles. The molecule has 0 heterocycles. The molecule has 2 aliphatic carbocycles. The molecule has 0 saturated heterocycles. The summed E-state index contributed by atoms with van der Waals surface area (Å²) < 4.78 is 0. The van der Waals surface area contributed by atoms with Crippen molar-refractivity contribution in [3.05, 3.63) is 39.9 Å². The lowest BCUT2D eigenvalue weighted by Crippen LogP contribution is -2.68. The van der Waals surface area contributed by atoms with Crippen molar-refractivity contribution in [3.8, 4) is 0 Å². The molecular weight excluding hydrogens is 432 g/mol. The quantitative estimate of drug-likeness (QED) is 0.401. The number of nitrogens with two attached hydrogens (primary N) is 1. The molecule has 3 rings (SSSR count). The third-order valence-corrected chi connectivity index (χ3v) is 7.85. The largest absolute Gasteiger partial charge is 0.368 e. The van der Waals surface area contributed by atoms with E-state index in [0.29, 0.717) is 12.1 Å². The second-order valence-corrected chi connectivity index (χ2v) is 10.3. The van der Waals surface area contributed by atoms with Gasteiger partial charge in [0.05, 0.1) is 4.92 Å². The number of nitro groups is 1. The fraction of sp³-hybridized carbons (Fsp3) is 0.692. The van der Waals surface area contributed by atoms with E-state index in [1.807, 2.05) is 14.1 Å². The summed E-state index contributed by atoms with van der Waals surface area (Å²) >= 11 is 0. The van der Waals surface area contributed by atoms with E-state index >= 15 is 0 Å². The predicted molar refractivity (Wildman–Crippen MR) is 132 cm³/mol. The van der Waals surface area contributed by atoms with Gasteiger partial charge in [-0.2, -0.15) is 0 Å². The maximum atomic E-state index is 14.1. The lowest BCUT2D eigenvalue weighted by Gasteiger charge is -2.53. The van der Waals surface area contributed by atoms with Crippen molar-refractivity contribution in [1.82, 2.24) is 9.80 Å². The highest BCUT2D eigenvalue weighted by Crippen LogP contribution is 2.47. The van der Waals surface area contributed by atoms with Gasteiger partial charge in [-0.1, -0.05) is 38.5 Å². The zero-order chi connectivity index (χ0) is 24.7. The summed E-state index contributed by atoms with van der Waals surface area (Å²) in [6.45, 7) is 1.22. The van der Waals surface area contributed by atoms with Gasteiger partial charge < -0.3 is 15.5 Å². The topological polar surface area (TPSA) is 110 Å². The number of non-ortho nitro benzene ring substituents is 1. The number of hydrogen-bond donors (Lipinski definition) is 1. The van der Waals surface area contributed by atoms with Crippen LogP contribution in [0.1, 0.15) is 81.0 Å². The zero-order valence-corrected chi connectivity index (χ0v) is 20.7. The third-order valence-electron chi connectivity index (χ3n) is 7.85. The lowest BCUT2D eigenvalue weighted by atomic mass is 9.62. The first-order valence-electron chi connectivity index (χ1n) is 12.8. The molecule has 2 saturated carbocycles. The summed E-state index contributed by atoms with van der Waals surface area (Å²) in [7, 11) is 3.98. The zero-order valence-electron chi connectivity index (χ0n) is 20.7. The van der Waals surface area contributed by atoms with Gasteiger partial charge in [-0.3, -0.25) is 19.7 Å². The summed E-state index contributed by atoms with van der Waals surface area (Å²) in [5, 5.41) is 11.1. The van der Waals surface area contributed by atoms with Crippen LogP contribution >= 0.6 is 0 Å². The summed E-state index contributed by atoms with van der Waals surface area (Å²) in [6, 6.07) is 5.73. The maximum absolute atomic E-state index is 14.1. The molecule has 188 valence electrons. The van der Waals surface area contributed by atoms with Gasteiger partial charge in [0.15, 0.2) is 0 Å². The molecule has 2 fully saturated rings. The molecule has 0 bridgehead atoms. The van der Waals surface area contributed by atoms with Crippen LogP contribution in [0.3, 0.4) is 0 Å². The fourth-order valence-corrected chi connectivity index (χ4v) is 6.28. The van der Waals surface area contributed by atoms with Gasteiger partial charge >= 0.3 is 0 Å². The molecule has 34 heavy (non-hydrogen) atoms. The SMILES string of the molecule is CN(C)CCCN(C(=O)c1ccc([N+](=O)[O-])cc1)C(C(N)=O)(C1CCCCC1)C1CCCCC1. The maximum Gasteiger partial charge on any atom is 0.269 e. The van der Waals surface area contributed by atoms with Gasteiger partial charge in [-0.25, -0.2) is 0 Å². The minimum atomic E-state index is -1.02. The Hall–Kier alpha value is -2.48. The Kier molecular flexibility index (Phi) is 9.05. The highest BCUT2D eigenvalue weighted by molar-refractivity contribution is 5.99. The van der Waals surface area contributed by atoms with E-state index in [1.54, 1.807) is 4.90 Å². The monoisotopic (exact) mass is 472 g/mol. The van der Waals surface area contributed by atoms with Gasteiger partial charge in [-0.05, 0) is 76.7 Å². The molecular formula is C26H40N4O4. The van der Waals surface area contributed by atoms with Crippen LogP contribution in [0.2, 0.25) is 0 Å². The normalized spacial score (nSPS) is 18.1. The number of rotatable bonds is 10. The van der Waals surface area contributed by atoms with Crippen LogP contribution in [-0.4, -0.2) is 59.3 Å². The lowest BCUT2D eigenvalue weighted by molar-refractivity contribution is -0.384. The van der Waals surface area contributed by atoms with Crippen LogP contribution in [0, 0.1) is 22.0 Å². The van der Waals surface area contributed by atoms with Gasteiger partial charge in [-0.15, -0.1) is 0 Å². The van der Waals surface area contributed by atoms with E-state index in [2.05, 4.69) is 4.90 Å². The molecule has 1 aromatic carbocycles. The van der Waals surface area contributed by atoms with Gasteiger partial charge in [0.2, 0.25) is 5.91 Å². The molecule has 0 atom stereocenters. The minimum Gasteiger partial charge on any atom is -0.368 e. The fourth-order valence-electron chi connectivity index (χ4n) is 6.28. The Morgan fingerprint density at radius 1 is 0.941 bits per heavy atom. The molecule has 2 aliphatic rings. The molecule has 0 aliphatic heterocycles. The van der Waals surface area contributed by atoms with Crippen molar-refractivity contribution in [3.63, 3.8) is 0 Å². The number of benzene rings is 1. The van der Waals surface area contributed by atoms with E-state index in [9.17, 15) is 19.7 Å². The average molecular weight is 473 g/mol. The first-order chi connectivity index (χ1) is 16.3. The molecule has 2 N–H and O–H groups in total. The van der Waals surface area contributed by atoms with Crippen molar-refractivity contribution in [2.24, 2.45) is 17.6 Å². The number of primary amides is 1. The van der Waals surface area contributed by atoms with Gasteiger partial charge in [0.25, 0.3) is 11.6 Å². The van der Waals surface area contributed by atoms with Crippen LogP contribution < -0.4 is 5.73 Å². The minimum absolute atomic E-state index is 0.0446. The Bertz CT molecular complexity index is 825. The molecule has 8 heteroatoms. The van der Waals surface area contributed by atoms with Crippen LogP contribution in [0.25, 0.3) is 0 Å². The number of hydrogen-bond acceptors (Lipinski definition) is 5. The first-order valence-corrected chi connectivity index (χ1v) is 12.8. The number of nitrogens with zero attached hydrogens (tertiary/aromatic N) is 3. The first kappa shape index (κ1) is 26.1. The van der Waals surface area contributed by atoms with Crippen molar-refractivity contribution in [2.45, 2.75) is 76.2 Å². The summed E-state index contributed by atoms with van der Waals surface area (Å²) in [5.41, 5.74) is 5.60. The van der Waals surface area contributed by atoms with E-state index in [1.165, 1.54) is 24.3 Å². The van der Waals surface area contributed by atoms with Gasteiger partial charge in [0, 0.05) is 24.2 Å². The second kappa shape index (κ2) is 11.8. The van der Waals surface area contributed by atoms with Crippen LogP contribution in [0.4, 0.5) is 5.69 Å². The summed E-state index contributed by atoms with van der Waals surface area (Å²) in [5.74, 6) is -0.540. The number of nitro benzene ring substituents is 1. The Morgan fingerprint density at radius 3 is 1.85 bits per heavy atom. The van der Waals surface area contributed by atoms with Crippen molar-refractivity contribution < 1.29 is 14.5 Å². The molecule has 1 aromatic rings. The van der Waals surface area contributed by atoms with E-state index in [4.69, 9.17) is 5.73 Å². The Balaban J connectivity index is 2.08. The molecule has 8 nitrogen and oxygen atoms in total. The van der Waals surface area contributed by atoms with E-state index in [-0.39, 0.29) is 29.3 Å². The van der Waals surface area contributed by atoms with E-state index < -0.39 is 10.5 Å². The van der Waals surface area contributed by atoms with Crippen molar-refractivity contribution in [2.75, 3.05) is 27.2 Å². The second-order valence-electron chi connectivity index (χ2n) is 10.3. The van der Waals surface area contributed by atoms with Crippen LogP contribution in [0.5, 0.6) is 0 Å².